The molecule has 0 fully saturated rings. The van der Waals surface area contributed by atoms with Crippen molar-refractivity contribution < 1.29 is 14.4 Å². The van der Waals surface area contributed by atoms with Crippen molar-refractivity contribution in [1.29, 1.82) is 0 Å². The van der Waals surface area contributed by atoms with Crippen molar-refractivity contribution in [2.75, 3.05) is 18.6 Å². The van der Waals surface area contributed by atoms with Crippen molar-refractivity contribution in [1.82, 2.24) is 4.98 Å². The Hall–Kier alpha value is -2.98. The topological polar surface area (TPSA) is 98.9 Å². The Morgan fingerprint density at radius 1 is 1.28 bits per heavy atom. The van der Waals surface area contributed by atoms with E-state index in [0.29, 0.717) is 29.7 Å². The third kappa shape index (κ3) is 4.90. The lowest BCUT2D eigenvalue weighted by Crippen LogP contribution is -2.03. The van der Waals surface area contributed by atoms with E-state index < -0.39 is 4.92 Å². The highest BCUT2D eigenvalue weighted by molar-refractivity contribution is 7.17. The van der Waals surface area contributed by atoms with Gasteiger partial charge in [0, 0.05) is 22.6 Å². The summed E-state index contributed by atoms with van der Waals surface area (Å²) in [7, 11) is 0. The van der Waals surface area contributed by atoms with Gasteiger partial charge >= 0.3 is 5.69 Å². The first-order chi connectivity index (χ1) is 14.0. The number of thiophene rings is 1. The Bertz CT molecular complexity index is 1020. The van der Waals surface area contributed by atoms with Crippen molar-refractivity contribution in [3.8, 4) is 22.1 Å². The Morgan fingerprint density at radius 3 is 2.69 bits per heavy atom. The minimum absolute atomic E-state index is 0.137. The summed E-state index contributed by atoms with van der Waals surface area (Å²) >= 11 is 3.12. The molecule has 3 rings (SSSR count). The average molecular weight is 433 g/mol. The molecule has 0 unspecified atom stereocenters. The van der Waals surface area contributed by atoms with Crippen molar-refractivity contribution in [3.63, 3.8) is 0 Å². The van der Waals surface area contributed by atoms with Gasteiger partial charge in [-0.05, 0) is 32.2 Å². The number of ether oxygens (including phenoxy) is 2. The Labute approximate surface area is 176 Å². The summed E-state index contributed by atoms with van der Waals surface area (Å²) in [6.07, 6.45) is 1.48. The van der Waals surface area contributed by atoms with Gasteiger partial charge in [0.1, 0.15) is 5.75 Å². The number of aromatic nitrogens is 1. The van der Waals surface area contributed by atoms with E-state index in [1.165, 1.54) is 29.7 Å². The maximum Gasteiger partial charge on any atom is 0.311 e. The number of nitrogens with one attached hydrogen (secondary N) is 1. The highest BCUT2D eigenvalue weighted by Gasteiger charge is 2.19. The van der Waals surface area contributed by atoms with Gasteiger partial charge < -0.3 is 9.47 Å². The lowest BCUT2D eigenvalue weighted by atomic mass is 10.1. The van der Waals surface area contributed by atoms with E-state index in [0.717, 1.165) is 15.4 Å². The smallest absolute Gasteiger partial charge is 0.311 e. The molecule has 0 saturated heterocycles. The first kappa shape index (κ1) is 20.7. The largest absolute Gasteiger partial charge is 0.493 e. The van der Waals surface area contributed by atoms with E-state index in [9.17, 15) is 10.1 Å². The molecule has 0 atom stereocenters. The zero-order chi connectivity index (χ0) is 20.8. The van der Waals surface area contributed by atoms with Crippen LogP contribution in [0.4, 0.5) is 10.8 Å². The summed E-state index contributed by atoms with van der Waals surface area (Å²) in [6, 6.07) is 6.92. The highest BCUT2D eigenvalue weighted by Crippen LogP contribution is 2.35. The molecular weight excluding hydrogens is 412 g/mol. The van der Waals surface area contributed by atoms with Crippen LogP contribution in [-0.4, -0.2) is 29.3 Å². The minimum Gasteiger partial charge on any atom is -0.493 e. The number of thiazole rings is 1. The predicted molar refractivity (Wildman–Crippen MR) is 117 cm³/mol. The normalized spacial score (nSPS) is 11.0. The predicted octanol–water partition coefficient (Wildman–Crippen LogP) is 5.33. The van der Waals surface area contributed by atoms with Crippen molar-refractivity contribution in [2.45, 2.75) is 20.8 Å². The van der Waals surface area contributed by atoms with Crippen molar-refractivity contribution in [2.24, 2.45) is 5.10 Å². The minimum atomic E-state index is -0.483. The second kappa shape index (κ2) is 9.48. The fraction of sp³-hybridized carbons (Fsp3) is 0.263. The lowest BCUT2D eigenvalue weighted by Gasteiger charge is -2.10. The van der Waals surface area contributed by atoms with Gasteiger partial charge in [0.05, 0.1) is 34.9 Å². The summed E-state index contributed by atoms with van der Waals surface area (Å²) in [5.41, 5.74) is 4.16. The molecule has 8 nitrogen and oxygen atoms in total. The summed E-state index contributed by atoms with van der Waals surface area (Å²) in [5, 5.41) is 18.2. The van der Waals surface area contributed by atoms with E-state index in [4.69, 9.17) is 9.47 Å². The third-order valence-electron chi connectivity index (χ3n) is 3.80. The fourth-order valence-corrected chi connectivity index (χ4v) is 4.22. The molecule has 0 spiro atoms. The van der Waals surface area contributed by atoms with Crippen LogP contribution in [0.1, 0.15) is 24.3 Å². The van der Waals surface area contributed by atoms with Gasteiger partial charge in [-0.25, -0.2) is 4.98 Å². The number of nitro groups is 1. The lowest BCUT2D eigenvalue weighted by molar-refractivity contribution is -0.385. The molecule has 0 saturated carbocycles. The first-order valence-electron chi connectivity index (χ1n) is 8.91. The number of benzene rings is 1. The molecule has 0 amide bonds. The molecule has 0 radical (unpaired) electrons. The molecule has 10 heteroatoms. The van der Waals surface area contributed by atoms with E-state index >= 15 is 0 Å². The van der Waals surface area contributed by atoms with E-state index in [1.54, 1.807) is 18.3 Å². The zero-order valence-corrected chi connectivity index (χ0v) is 17.8. The molecule has 2 aromatic heterocycles. The molecule has 3 aromatic rings. The summed E-state index contributed by atoms with van der Waals surface area (Å²) < 4.78 is 11.0. The molecule has 0 aliphatic carbocycles. The molecule has 0 aliphatic rings. The molecule has 29 heavy (non-hydrogen) atoms. The van der Waals surface area contributed by atoms with Crippen LogP contribution in [-0.2, 0) is 0 Å². The second-order valence-corrected chi connectivity index (χ2v) is 7.90. The quantitative estimate of drug-likeness (QED) is 0.279. The highest BCUT2D eigenvalue weighted by atomic mass is 32.1. The number of aryl methyl sites for hydroxylation is 1. The molecule has 0 aliphatic heterocycles. The van der Waals surface area contributed by atoms with Gasteiger partial charge in [-0.15, -0.1) is 22.7 Å². The SMILES string of the molecule is CCOc1cc(OCC)c([N+](=O)[O-])cc1/C=N\Nc1nc(-c2cccs2)c(C)s1. The van der Waals surface area contributed by atoms with Crippen LogP contribution in [0.15, 0.2) is 34.7 Å². The molecule has 1 aromatic carbocycles. The number of nitrogens with zero attached hydrogens (tertiary/aromatic N) is 3. The number of nitro benzene ring substituents is 1. The summed E-state index contributed by atoms with van der Waals surface area (Å²) in [4.78, 5) is 17.6. The van der Waals surface area contributed by atoms with E-state index in [-0.39, 0.29) is 11.4 Å². The van der Waals surface area contributed by atoms with Gasteiger partial charge in [0.15, 0.2) is 0 Å². The Balaban J connectivity index is 1.85. The summed E-state index contributed by atoms with van der Waals surface area (Å²) in [6.45, 7) is 6.34. The average Bonchev–Trinajstić information content (AvgIpc) is 3.33. The summed E-state index contributed by atoms with van der Waals surface area (Å²) in [5.74, 6) is 0.629. The van der Waals surface area contributed by atoms with Crippen LogP contribution in [0.2, 0.25) is 0 Å². The maximum atomic E-state index is 11.4. The Kier molecular flexibility index (Phi) is 6.78. The van der Waals surface area contributed by atoms with Crippen molar-refractivity contribution >= 4 is 39.7 Å². The number of anilines is 1. The second-order valence-electron chi connectivity index (χ2n) is 5.75. The Morgan fingerprint density at radius 2 is 2.03 bits per heavy atom. The first-order valence-corrected chi connectivity index (χ1v) is 10.6. The number of rotatable bonds is 9. The van der Waals surface area contributed by atoms with Crippen molar-refractivity contribution in [3.05, 3.63) is 50.2 Å². The van der Waals surface area contributed by atoms with Gasteiger partial charge in [-0.2, -0.15) is 5.10 Å². The molecule has 0 bridgehead atoms. The van der Waals surface area contributed by atoms with Crippen LogP contribution in [0.5, 0.6) is 11.5 Å². The van der Waals surface area contributed by atoms with Crippen LogP contribution in [0, 0.1) is 17.0 Å². The number of hydrogen-bond acceptors (Lipinski definition) is 9. The van der Waals surface area contributed by atoms with Gasteiger partial charge in [0.2, 0.25) is 10.9 Å². The molecular formula is C19H20N4O4S2. The monoisotopic (exact) mass is 432 g/mol. The van der Waals surface area contributed by atoms with Crippen LogP contribution >= 0.6 is 22.7 Å². The van der Waals surface area contributed by atoms with Crippen LogP contribution in [0.25, 0.3) is 10.6 Å². The standard InChI is InChI=1S/C19H20N4O4S2/c1-4-26-15-10-16(27-5-2)14(23(24)25)9-13(15)11-20-22-19-21-18(12(3)29-19)17-7-6-8-28-17/h6-11H,4-5H2,1-3H3,(H,21,22)/b20-11-. The van der Waals surface area contributed by atoms with Crippen LogP contribution in [0.3, 0.4) is 0 Å². The number of hydrogen-bond donors (Lipinski definition) is 1. The van der Waals surface area contributed by atoms with Gasteiger partial charge in [0.25, 0.3) is 0 Å². The fourth-order valence-electron chi connectivity index (χ4n) is 2.60. The van der Waals surface area contributed by atoms with Gasteiger partial charge in [-0.1, -0.05) is 6.07 Å². The maximum absolute atomic E-state index is 11.4. The van der Waals surface area contributed by atoms with Gasteiger partial charge in [-0.3, -0.25) is 15.5 Å². The molecule has 1 N–H and O–H groups in total. The number of hydrazone groups is 1. The zero-order valence-electron chi connectivity index (χ0n) is 16.2. The molecule has 2 heterocycles. The molecule has 152 valence electrons. The van der Waals surface area contributed by atoms with Crippen LogP contribution < -0.4 is 14.9 Å². The third-order valence-corrected chi connectivity index (χ3v) is 5.55. The van der Waals surface area contributed by atoms with E-state index in [1.807, 2.05) is 31.4 Å². The van der Waals surface area contributed by atoms with E-state index in [2.05, 4.69) is 15.5 Å².